The van der Waals surface area contributed by atoms with Crippen LogP contribution in [0.3, 0.4) is 0 Å². The van der Waals surface area contributed by atoms with E-state index in [0.717, 1.165) is 17.7 Å². The Bertz CT molecular complexity index is 626. The lowest BCUT2D eigenvalue weighted by Crippen LogP contribution is -2.39. The first-order valence-corrected chi connectivity index (χ1v) is 9.37. The number of nitrogens with one attached hydrogen (secondary N) is 1. The van der Waals surface area contributed by atoms with Gasteiger partial charge in [-0.2, -0.15) is 0 Å². The molecule has 1 N–H and O–H groups in total. The van der Waals surface area contributed by atoms with E-state index in [4.69, 9.17) is 0 Å². The van der Waals surface area contributed by atoms with Gasteiger partial charge >= 0.3 is 0 Å². The maximum absolute atomic E-state index is 12.1. The molecule has 0 aliphatic carbocycles. The average Bonchev–Trinajstić information content (AvgIpc) is 2.46. The van der Waals surface area contributed by atoms with Gasteiger partial charge in [-0.1, -0.05) is 32.0 Å². The van der Waals surface area contributed by atoms with E-state index in [1.165, 1.54) is 4.31 Å². The SMILES string of the molecule is CC(C)c1ccccc1NC(=O)CCN1CCCCS1(=O)=O. The molecular weight excluding hydrogens is 300 g/mol. The molecule has 0 unspecified atom stereocenters. The van der Waals surface area contributed by atoms with Gasteiger partial charge in [0.05, 0.1) is 5.75 Å². The van der Waals surface area contributed by atoms with Gasteiger partial charge in [0.1, 0.15) is 0 Å². The van der Waals surface area contributed by atoms with Gasteiger partial charge in [-0.25, -0.2) is 12.7 Å². The Morgan fingerprint density at radius 1 is 1.27 bits per heavy atom. The molecule has 1 aliphatic heterocycles. The van der Waals surface area contributed by atoms with Crippen LogP contribution in [0, 0.1) is 0 Å². The molecule has 6 heteroatoms. The van der Waals surface area contributed by atoms with Gasteiger partial charge < -0.3 is 5.32 Å². The standard InChI is InChI=1S/C16H24N2O3S/c1-13(2)14-7-3-4-8-15(14)17-16(19)9-11-18-10-5-6-12-22(18,20)21/h3-4,7-8,13H,5-6,9-12H2,1-2H3,(H,17,19). The van der Waals surface area contributed by atoms with Gasteiger partial charge in [-0.15, -0.1) is 0 Å². The van der Waals surface area contributed by atoms with Gasteiger partial charge in [0.2, 0.25) is 15.9 Å². The summed E-state index contributed by atoms with van der Waals surface area (Å²) in [4.78, 5) is 12.1. The molecule has 1 saturated heterocycles. The van der Waals surface area contributed by atoms with E-state index in [-0.39, 0.29) is 24.6 Å². The lowest BCUT2D eigenvalue weighted by atomic mass is 10.0. The van der Waals surface area contributed by atoms with E-state index < -0.39 is 10.0 Å². The molecular formula is C16H24N2O3S. The van der Waals surface area contributed by atoms with Crippen molar-refractivity contribution in [2.75, 3.05) is 24.2 Å². The molecule has 0 radical (unpaired) electrons. The van der Waals surface area contributed by atoms with E-state index in [2.05, 4.69) is 19.2 Å². The third-order valence-electron chi connectivity index (χ3n) is 3.90. The van der Waals surface area contributed by atoms with Gasteiger partial charge in [0, 0.05) is 25.2 Å². The zero-order valence-corrected chi connectivity index (χ0v) is 14.0. The molecule has 122 valence electrons. The molecule has 1 aliphatic rings. The molecule has 1 fully saturated rings. The minimum atomic E-state index is -3.16. The molecule has 2 rings (SSSR count). The van der Waals surface area contributed by atoms with Crippen LogP contribution in [-0.2, 0) is 14.8 Å². The molecule has 0 bridgehead atoms. The van der Waals surface area contributed by atoms with Crippen molar-refractivity contribution in [2.24, 2.45) is 0 Å². The van der Waals surface area contributed by atoms with Crippen LogP contribution in [-0.4, -0.2) is 37.5 Å². The molecule has 0 atom stereocenters. The third kappa shape index (κ3) is 4.30. The Kier molecular flexibility index (Phi) is 5.58. The number of nitrogens with zero attached hydrogens (tertiary/aromatic N) is 1. The van der Waals surface area contributed by atoms with Gasteiger partial charge in [0.25, 0.3) is 0 Å². The lowest BCUT2D eigenvalue weighted by molar-refractivity contribution is -0.116. The van der Waals surface area contributed by atoms with Crippen molar-refractivity contribution >= 4 is 21.6 Å². The second kappa shape index (κ2) is 7.24. The second-order valence-corrected chi connectivity index (χ2v) is 8.05. The van der Waals surface area contributed by atoms with Crippen LogP contribution >= 0.6 is 0 Å². The number of amides is 1. The van der Waals surface area contributed by atoms with Gasteiger partial charge in [-0.05, 0) is 30.4 Å². The Balaban J connectivity index is 1.94. The quantitative estimate of drug-likeness (QED) is 0.905. The summed E-state index contributed by atoms with van der Waals surface area (Å²) in [7, 11) is -3.16. The fraction of sp³-hybridized carbons (Fsp3) is 0.562. The fourth-order valence-corrected chi connectivity index (χ4v) is 4.25. The summed E-state index contributed by atoms with van der Waals surface area (Å²) in [5.74, 6) is 0.373. The molecule has 1 heterocycles. The van der Waals surface area contributed by atoms with Crippen molar-refractivity contribution in [1.29, 1.82) is 0 Å². The number of rotatable bonds is 5. The topological polar surface area (TPSA) is 66.5 Å². The first-order valence-electron chi connectivity index (χ1n) is 7.77. The number of anilines is 1. The Morgan fingerprint density at radius 2 is 2.00 bits per heavy atom. The summed E-state index contributed by atoms with van der Waals surface area (Å²) < 4.78 is 25.2. The Morgan fingerprint density at radius 3 is 2.68 bits per heavy atom. The van der Waals surface area contributed by atoms with E-state index in [1.54, 1.807) is 0 Å². The van der Waals surface area contributed by atoms with Crippen molar-refractivity contribution in [1.82, 2.24) is 4.31 Å². The highest BCUT2D eigenvalue weighted by molar-refractivity contribution is 7.89. The van der Waals surface area contributed by atoms with Crippen LogP contribution in [0.25, 0.3) is 0 Å². The van der Waals surface area contributed by atoms with Crippen molar-refractivity contribution in [3.05, 3.63) is 29.8 Å². The molecule has 1 aromatic rings. The summed E-state index contributed by atoms with van der Waals surface area (Å²) in [5.41, 5.74) is 1.89. The molecule has 5 nitrogen and oxygen atoms in total. The zero-order chi connectivity index (χ0) is 16.2. The minimum Gasteiger partial charge on any atom is -0.326 e. The highest BCUT2D eigenvalue weighted by atomic mass is 32.2. The number of hydrogen-bond donors (Lipinski definition) is 1. The molecule has 1 amide bonds. The Hall–Kier alpha value is -1.40. The monoisotopic (exact) mass is 324 g/mol. The average molecular weight is 324 g/mol. The fourth-order valence-electron chi connectivity index (χ4n) is 2.64. The van der Waals surface area contributed by atoms with E-state index in [1.807, 2.05) is 24.3 Å². The van der Waals surface area contributed by atoms with Crippen LogP contribution in [0.15, 0.2) is 24.3 Å². The summed E-state index contributed by atoms with van der Waals surface area (Å²) in [5, 5.41) is 2.90. The maximum atomic E-state index is 12.1. The van der Waals surface area contributed by atoms with Crippen molar-refractivity contribution < 1.29 is 13.2 Å². The number of carbonyl (C=O) groups is 1. The normalized spacial score (nSPS) is 18.3. The summed E-state index contributed by atoms with van der Waals surface area (Å²) in [6, 6.07) is 7.71. The molecule has 0 spiro atoms. The summed E-state index contributed by atoms with van der Waals surface area (Å²) in [6.07, 6.45) is 1.77. The second-order valence-electron chi connectivity index (χ2n) is 5.96. The zero-order valence-electron chi connectivity index (χ0n) is 13.2. The Labute approximate surface area is 132 Å². The molecule has 22 heavy (non-hydrogen) atoms. The van der Waals surface area contributed by atoms with Crippen LogP contribution in [0.5, 0.6) is 0 Å². The first-order chi connectivity index (χ1) is 10.4. The van der Waals surface area contributed by atoms with Crippen molar-refractivity contribution in [3.63, 3.8) is 0 Å². The van der Waals surface area contributed by atoms with E-state index in [0.29, 0.717) is 18.9 Å². The number of sulfonamides is 1. The van der Waals surface area contributed by atoms with Gasteiger partial charge in [0.15, 0.2) is 0 Å². The first kappa shape index (κ1) is 17.0. The number of carbonyl (C=O) groups excluding carboxylic acids is 1. The van der Waals surface area contributed by atoms with E-state index in [9.17, 15) is 13.2 Å². The van der Waals surface area contributed by atoms with E-state index >= 15 is 0 Å². The highest BCUT2D eigenvalue weighted by Crippen LogP contribution is 2.23. The number of hydrogen-bond acceptors (Lipinski definition) is 3. The molecule has 1 aromatic carbocycles. The highest BCUT2D eigenvalue weighted by Gasteiger charge is 2.25. The number of benzene rings is 1. The number of para-hydroxylation sites is 1. The van der Waals surface area contributed by atoms with Gasteiger partial charge in [-0.3, -0.25) is 4.79 Å². The third-order valence-corrected chi connectivity index (χ3v) is 5.85. The summed E-state index contributed by atoms with van der Waals surface area (Å²) >= 11 is 0. The predicted octanol–water partition coefficient (Wildman–Crippen LogP) is 2.56. The van der Waals surface area contributed by atoms with Crippen LogP contribution < -0.4 is 5.32 Å². The smallest absolute Gasteiger partial charge is 0.225 e. The van der Waals surface area contributed by atoms with Crippen LogP contribution in [0.1, 0.15) is 44.6 Å². The summed E-state index contributed by atoms with van der Waals surface area (Å²) in [6.45, 7) is 4.94. The largest absolute Gasteiger partial charge is 0.326 e. The minimum absolute atomic E-state index is 0.145. The van der Waals surface area contributed by atoms with Crippen molar-refractivity contribution in [3.8, 4) is 0 Å². The predicted molar refractivity (Wildman–Crippen MR) is 88.4 cm³/mol. The van der Waals surface area contributed by atoms with Crippen LogP contribution in [0.2, 0.25) is 0 Å². The van der Waals surface area contributed by atoms with Crippen LogP contribution in [0.4, 0.5) is 5.69 Å². The molecule has 0 aromatic heterocycles. The maximum Gasteiger partial charge on any atom is 0.225 e. The molecule has 0 saturated carbocycles. The lowest BCUT2D eigenvalue weighted by Gasteiger charge is -2.25. The van der Waals surface area contributed by atoms with Crippen molar-refractivity contribution in [2.45, 2.75) is 39.0 Å².